The predicted molar refractivity (Wildman–Crippen MR) is 132 cm³/mol. The summed E-state index contributed by atoms with van der Waals surface area (Å²) < 4.78 is 11.8. The van der Waals surface area contributed by atoms with Crippen molar-refractivity contribution in [2.45, 2.75) is 52.2 Å². The second-order valence-corrected chi connectivity index (χ2v) is 9.82. The molecule has 34 heavy (non-hydrogen) atoms. The molecule has 0 bridgehead atoms. The molecule has 1 N–H and O–H groups in total. The molecule has 2 aliphatic rings. The molecule has 0 aliphatic carbocycles. The summed E-state index contributed by atoms with van der Waals surface area (Å²) >= 11 is 0. The van der Waals surface area contributed by atoms with E-state index in [1.165, 1.54) is 5.56 Å². The van der Waals surface area contributed by atoms with Gasteiger partial charge in [0, 0.05) is 24.3 Å². The minimum absolute atomic E-state index is 0.0152. The van der Waals surface area contributed by atoms with Crippen LogP contribution in [0.2, 0.25) is 0 Å². The lowest BCUT2D eigenvalue weighted by atomic mass is 9.95. The number of H-pyrrole nitrogens is 1. The van der Waals surface area contributed by atoms with Crippen molar-refractivity contribution in [2.75, 3.05) is 19.8 Å². The number of rotatable bonds is 8. The second kappa shape index (κ2) is 9.63. The number of hydrogen-bond donors (Lipinski definition) is 1. The van der Waals surface area contributed by atoms with E-state index in [0.29, 0.717) is 24.8 Å². The molecule has 0 saturated carbocycles. The van der Waals surface area contributed by atoms with Crippen LogP contribution in [0.1, 0.15) is 66.3 Å². The fourth-order valence-electron chi connectivity index (χ4n) is 4.83. The van der Waals surface area contributed by atoms with Gasteiger partial charge >= 0.3 is 0 Å². The molecule has 6 heteroatoms. The van der Waals surface area contributed by atoms with Crippen LogP contribution in [0.3, 0.4) is 0 Å². The highest BCUT2D eigenvalue weighted by Gasteiger charge is 2.43. The summed E-state index contributed by atoms with van der Waals surface area (Å²) in [6, 6.07) is 16.3. The maximum atomic E-state index is 13.5. The molecule has 6 nitrogen and oxygen atoms in total. The minimum atomic E-state index is -0.216. The standard InChI is InChI=1S/C28H33N3O3/c1-18(2)14-16-34-22-12-10-21(11-13-22)27-24-25(20-8-6-19(3)7-9-20)29-30-26(24)28(32)31(27)17-23-5-4-15-33-23/h6-13,18,23,27H,4-5,14-17H2,1-3H3,(H,29,30). The van der Waals surface area contributed by atoms with E-state index in [0.717, 1.165) is 54.0 Å². The molecule has 0 spiro atoms. The SMILES string of the molecule is Cc1ccc(-c2n[nH]c3c2C(c2ccc(OCCC(C)C)cc2)N(CC2CCCO2)C3=O)cc1. The van der Waals surface area contributed by atoms with E-state index in [4.69, 9.17) is 9.47 Å². The third-order valence-corrected chi connectivity index (χ3v) is 6.77. The highest BCUT2D eigenvalue weighted by Crippen LogP contribution is 2.43. The van der Waals surface area contributed by atoms with Gasteiger partial charge in [0.05, 0.1) is 24.4 Å². The Kier molecular flexibility index (Phi) is 6.42. The summed E-state index contributed by atoms with van der Waals surface area (Å²) in [5.41, 5.74) is 5.61. The second-order valence-electron chi connectivity index (χ2n) is 9.82. The minimum Gasteiger partial charge on any atom is -0.494 e. The molecule has 5 rings (SSSR count). The third-order valence-electron chi connectivity index (χ3n) is 6.77. The number of nitrogens with zero attached hydrogens (tertiary/aromatic N) is 2. The van der Waals surface area contributed by atoms with Crippen LogP contribution in [0.4, 0.5) is 0 Å². The first-order valence-electron chi connectivity index (χ1n) is 12.3. The van der Waals surface area contributed by atoms with E-state index in [1.807, 2.05) is 17.0 Å². The number of ether oxygens (including phenoxy) is 2. The molecule has 2 aromatic carbocycles. The van der Waals surface area contributed by atoms with Crippen LogP contribution in [0.25, 0.3) is 11.3 Å². The van der Waals surface area contributed by atoms with Crippen LogP contribution < -0.4 is 4.74 Å². The molecule has 3 heterocycles. The van der Waals surface area contributed by atoms with Crippen LogP contribution in [-0.2, 0) is 4.74 Å². The number of benzene rings is 2. The summed E-state index contributed by atoms with van der Waals surface area (Å²) in [4.78, 5) is 15.5. The Labute approximate surface area is 201 Å². The van der Waals surface area contributed by atoms with Crippen molar-refractivity contribution in [3.8, 4) is 17.0 Å². The zero-order valence-corrected chi connectivity index (χ0v) is 20.2. The van der Waals surface area contributed by atoms with Crippen molar-refractivity contribution in [3.05, 3.63) is 70.9 Å². The van der Waals surface area contributed by atoms with Gasteiger partial charge in [-0.15, -0.1) is 0 Å². The molecule has 1 fully saturated rings. The number of carbonyl (C=O) groups excluding carboxylic acids is 1. The van der Waals surface area contributed by atoms with Crippen molar-refractivity contribution in [3.63, 3.8) is 0 Å². The topological polar surface area (TPSA) is 67.4 Å². The first-order valence-corrected chi connectivity index (χ1v) is 12.3. The number of hydrogen-bond acceptors (Lipinski definition) is 4. The van der Waals surface area contributed by atoms with Gasteiger partial charge in [-0.3, -0.25) is 9.89 Å². The number of fused-ring (bicyclic) bond motifs is 1. The highest BCUT2D eigenvalue weighted by atomic mass is 16.5. The van der Waals surface area contributed by atoms with Crippen molar-refractivity contribution in [1.29, 1.82) is 0 Å². The molecular weight excluding hydrogens is 426 g/mol. The quantitative estimate of drug-likeness (QED) is 0.481. The normalized spacial score (nSPS) is 19.8. The van der Waals surface area contributed by atoms with Crippen LogP contribution >= 0.6 is 0 Å². The fourth-order valence-corrected chi connectivity index (χ4v) is 4.83. The van der Waals surface area contributed by atoms with Gasteiger partial charge in [-0.25, -0.2) is 0 Å². The summed E-state index contributed by atoms with van der Waals surface area (Å²) in [5, 5.41) is 7.62. The van der Waals surface area contributed by atoms with E-state index in [1.54, 1.807) is 0 Å². The average Bonchev–Trinajstić information content (AvgIpc) is 3.55. The van der Waals surface area contributed by atoms with E-state index in [2.05, 4.69) is 67.4 Å². The van der Waals surface area contributed by atoms with Crippen LogP contribution in [-0.4, -0.2) is 46.9 Å². The lowest BCUT2D eigenvalue weighted by molar-refractivity contribution is 0.0495. The van der Waals surface area contributed by atoms with Gasteiger partial charge in [0.25, 0.3) is 5.91 Å². The fraction of sp³-hybridized carbons (Fsp3) is 0.429. The Hall–Kier alpha value is -3.12. The zero-order valence-electron chi connectivity index (χ0n) is 20.2. The maximum Gasteiger partial charge on any atom is 0.273 e. The lowest BCUT2D eigenvalue weighted by Crippen LogP contribution is -2.36. The van der Waals surface area contributed by atoms with E-state index in [-0.39, 0.29) is 18.1 Å². The van der Waals surface area contributed by atoms with Gasteiger partial charge in [0.15, 0.2) is 0 Å². The largest absolute Gasteiger partial charge is 0.494 e. The van der Waals surface area contributed by atoms with E-state index >= 15 is 0 Å². The number of aryl methyl sites for hydroxylation is 1. The summed E-state index contributed by atoms with van der Waals surface area (Å²) in [6.07, 6.45) is 3.12. The molecule has 1 saturated heterocycles. The molecule has 2 unspecified atom stereocenters. The molecule has 0 radical (unpaired) electrons. The maximum absolute atomic E-state index is 13.5. The molecule has 3 aromatic rings. The van der Waals surface area contributed by atoms with Gasteiger partial charge in [-0.1, -0.05) is 55.8 Å². The zero-order chi connectivity index (χ0) is 23.7. The summed E-state index contributed by atoms with van der Waals surface area (Å²) in [6.45, 7) is 8.50. The Morgan fingerprint density at radius 2 is 1.91 bits per heavy atom. The molecule has 1 aromatic heterocycles. The molecule has 2 aliphatic heterocycles. The number of nitrogens with one attached hydrogen (secondary N) is 1. The van der Waals surface area contributed by atoms with Crippen molar-refractivity contribution < 1.29 is 14.3 Å². The van der Waals surface area contributed by atoms with Gasteiger partial charge < -0.3 is 14.4 Å². The van der Waals surface area contributed by atoms with Gasteiger partial charge in [-0.05, 0) is 49.8 Å². The van der Waals surface area contributed by atoms with Gasteiger partial charge in [0.2, 0.25) is 0 Å². The number of amides is 1. The summed E-state index contributed by atoms with van der Waals surface area (Å²) in [7, 11) is 0. The Morgan fingerprint density at radius 1 is 1.15 bits per heavy atom. The average molecular weight is 460 g/mol. The number of aromatic amines is 1. The van der Waals surface area contributed by atoms with E-state index in [9.17, 15) is 4.79 Å². The number of carbonyl (C=O) groups is 1. The monoisotopic (exact) mass is 459 g/mol. The van der Waals surface area contributed by atoms with Crippen LogP contribution in [0.15, 0.2) is 48.5 Å². The smallest absolute Gasteiger partial charge is 0.273 e. The van der Waals surface area contributed by atoms with Gasteiger partial charge in [-0.2, -0.15) is 5.10 Å². The summed E-state index contributed by atoms with van der Waals surface area (Å²) in [5.74, 6) is 1.44. The Bertz CT molecular complexity index is 1130. The molecular formula is C28H33N3O3. The molecule has 178 valence electrons. The van der Waals surface area contributed by atoms with Crippen molar-refractivity contribution >= 4 is 5.91 Å². The first kappa shape index (κ1) is 22.7. The van der Waals surface area contributed by atoms with Crippen LogP contribution in [0, 0.1) is 12.8 Å². The number of aromatic nitrogens is 2. The van der Waals surface area contributed by atoms with Crippen molar-refractivity contribution in [1.82, 2.24) is 15.1 Å². The van der Waals surface area contributed by atoms with Crippen molar-refractivity contribution in [2.24, 2.45) is 5.92 Å². The van der Waals surface area contributed by atoms with Crippen LogP contribution in [0.5, 0.6) is 5.75 Å². The highest BCUT2D eigenvalue weighted by molar-refractivity contribution is 6.00. The van der Waals surface area contributed by atoms with Gasteiger partial charge in [0.1, 0.15) is 11.4 Å². The first-order chi connectivity index (χ1) is 16.5. The molecule has 2 atom stereocenters. The molecule has 1 amide bonds. The lowest BCUT2D eigenvalue weighted by Gasteiger charge is -2.28. The Balaban J connectivity index is 1.49. The Morgan fingerprint density at radius 3 is 2.59 bits per heavy atom. The van der Waals surface area contributed by atoms with E-state index < -0.39 is 0 Å². The third kappa shape index (κ3) is 4.47. The predicted octanol–water partition coefficient (Wildman–Crippen LogP) is 5.53.